The van der Waals surface area contributed by atoms with Gasteiger partial charge in [0.1, 0.15) is 0 Å². The van der Waals surface area contributed by atoms with Crippen molar-refractivity contribution < 1.29 is 15.0 Å². The van der Waals surface area contributed by atoms with Crippen LogP contribution in [0.25, 0.3) is 0 Å². The SMILES string of the molecule is CCCCCCCCCC/C(=C\C(=O)O)C(O)CCC. The summed E-state index contributed by atoms with van der Waals surface area (Å²) in [6, 6.07) is 0. The number of carbonyl (C=O) groups is 1. The van der Waals surface area contributed by atoms with E-state index in [0.717, 1.165) is 19.3 Å². The Morgan fingerprint density at radius 3 is 2.00 bits per heavy atom. The summed E-state index contributed by atoms with van der Waals surface area (Å²) in [5.74, 6) is -0.949. The summed E-state index contributed by atoms with van der Waals surface area (Å²) in [7, 11) is 0. The average molecular weight is 284 g/mol. The van der Waals surface area contributed by atoms with Gasteiger partial charge in [-0.05, 0) is 24.8 Å². The maximum absolute atomic E-state index is 10.8. The molecule has 1 unspecified atom stereocenters. The highest BCUT2D eigenvalue weighted by atomic mass is 16.4. The number of aliphatic carboxylic acids is 1. The number of aliphatic hydroxyl groups is 1. The molecular weight excluding hydrogens is 252 g/mol. The summed E-state index contributed by atoms with van der Waals surface area (Å²) in [6.45, 7) is 4.22. The molecule has 0 saturated heterocycles. The summed E-state index contributed by atoms with van der Waals surface area (Å²) >= 11 is 0. The van der Waals surface area contributed by atoms with Crippen LogP contribution in [0.4, 0.5) is 0 Å². The van der Waals surface area contributed by atoms with Crippen molar-refractivity contribution in [2.75, 3.05) is 0 Å². The second-order valence-corrected chi connectivity index (χ2v) is 5.59. The molecule has 3 heteroatoms. The Morgan fingerprint density at radius 2 is 1.50 bits per heavy atom. The van der Waals surface area contributed by atoms with Crippen molar-refractivity contribution in [3.8, 4) is 0 Å². The van der Waals surface area contributed by atoms with Crippen molar-refractivity contribution in [1.29, 1.82) is 0 Å². The summed E-state index contributed by atoms with van der Waals surface area (Å²) < 4.78 is 0. The van der Waals surface area contributed by atoms with E-state index in [2.05, 4.69) is 6.92 Å². The van der Waals surface area contributed by atoms with Gasteiger partial charge in [-0.15, -0.1) is 0 Å². The monoisotopic (exact) mass is 284 g/mol. The molecule has 1 atom stereocenters. The molecular formula is C17H32O3. The van der Waals surface area contributed by atoms with E-state index in [9.17, 15) is 9.90 Å². The van der Waals surface area contributed by atoms with Crippen molar-refractivity contribution in [1.82, 2.24) is 0 Å². The second-order valence-electron chi connectivity index (χ2n) is 5.59. The first-order chi connectivity index (χ1) is 9.61. The van der Waals surface area contributed by atoms with Crippen LogP contribution in [0.15, 0.2) is 11.6 Å². The Kier molecular flexibility index (Phi) is 12.6. The first-order valence-electron chi connectivity index (χ1n) is 8.23. The maximum atomic E-state index is 10.8. The molecule has 0 aliphatic rings. The Labute approximate surface area is 124 Å². The highest BCUT2D eigenvalue weighted by Gasteiger charge is 2.11. The summed E-state index contributed by atoms with van der Waals surface area (Å²) in [6.07, 6.45) is 12.7. The minimum Gasteiger partial charge on any atom is -0.478 e. The Hall–Kier alpha value is -0.830. The molecule has 0 spiro atoms. The second kappa shape index (κ2) is 13.2. The van der Waals surface area contributed by atoms with E-state index in [1.807, 2.05) is 6.92 Å². The molecule has 0 rings (SSSR count). The molecule has 0 radical (unpaired) electrons. The lowest BCUT2D eigenvalue weighted by Crippen LogP contribution is -2.11. The van der Waals surface area contributed by atoms with Crippen LogP contribution in [0.2, 0.25) is 0 Å². The van der Waals surface area contributed by atoms with E-state index < -0.39 is 12.1 Å². The normalized spacial score (nSPS) is 13.4. The Balaban J connectivity index is 3.83. The standard InChI is InChI=1S/C17H32O3/c1-3-5-6-7-8-9-10-11-13-15(14-17(19)20)16(18)12-4-2/h14,16,18H,3-13H2,1-2H3,(H,19,20)/b15-14+. The van der Waals surface area contributed by atoms with Crippen molar-refractivity contribution in [2.45, 2.75) is 90.6 Å². The van der Waals surface area contributed by atoms with Crippen LogP contribution < -0.4 is 0 Å². The lowest BCUT2D eigenvalue weighted by atomic mass is 9.98. The topological polar surface area (TPSA) is 57.5 Å². The van der Waals surface area contributed by atoms with E-state index in [4.69, 9.17) is 5.11 Å². The third kappa shape index (κ3) is 11.0. The predicted molar refractivity (Wildman–Crippen MR) is 83.9 cm³/mol. The third-order valence-electron chi connectivity index (χ3n) is 3.62. The fraction of sp³-hybridized carbons (Fsp3) is 0.824. The van der Waals surface area contributed by atoms with Crippen molar-refractivity contribution in [3.05, 3.63) is 11.6 Å². The highest BCUT2D eigenvalue weighted by molar-refractivity contribution is 5.80. The third-order valence-corrected chi connectivity index (χ3v) is 3.62. The van der Waals surface area contributed by atoms with Crippen molar-refractivity contribution >= 4 is 5.97 Å². The number of carboxylic acids is 1. The molecule has 118 valence electrons. The van der Waals surface area contributed by atoms with E-state index in [-0.39, 0.29) is 0 Å². The van der Waals surface area contributed by atoms with Crippen LogP contribution in [0.5, 0.6) is 0 Å². The molecule has 0 heterocycles. The molecule has 2 N–H and O–H groups in total. The van der Waals surface area contributed by atoms with Gasteiger partial charge in [-0.3, -0.25) is 0 Å². The predicted octanol–water partition coefficient (Wildman–Crippen LogP) is 4.69. The lowest BCUT2D eigenvalue weighted by molar-refractivity contribution is -0.131. The molecule has 0 aromatic rings. The number of hydrogen-bond donors (Lipinski definition) is 2. The average Bonchev–Trinajstić information content (AvgIpc) is 2.40. The van der Waals surface area contributed by atoms with Crippen LogP contribution in [0.1, 0.15) is 84.5 Å². The fourth-order valence-electron chi connectivity index (χ4n) is 2.42. The van der Waals surface area contributed by atoms with Crippen LogP contribution in [0, 0.1) is 0 Å². The van der Waals surface area contributed by atoms with Gasteiger partial charge < -0.3 is 10.2 Å². The highest BCUT2D eigenvalue weighted by Crippen LogP contribution is 2.18. The Morgan fingerprint density at radius 1 is 0.950 bits per heavy atom. The Bertz CT molecular complexity index is 271. The van der Waals surface area contributed by atoms with E-state index >= 15 is 0 Å². The number of aliphatic hydroxyl groups excluding tert-OH is 1. The summed E-state index contributed by atoms with van der Waals surface area (Å²) in [4.78, 5) is 10.8. The molecule has 0 aromatic heterocycles. The van der Waals surface area contributed by atoms with Gasteiger partial charge in [0.2, 0.25) is 0 Å². The molecule has 0 saturated carbocycles. The molecule has 20 heavy (non-hydrogen) atoms. The zero-order chi connectivity index (χ0) is 15.2. The molecule has 0 aliphatic carbocycles. The van der Waals surface area contributed by atoms with Crippen LogP contribution in [-0.2, 0) is 4.79 Å². The lowest BCUT2D eigenvalue weighted by Gasteiger charge is -2.13. The molecule has 0 bridgehead atoms. The van der Waals surface area contributed by atoms with Gasteiger partial charge in [0.25, 0.3) is 0 Å². The smallest absolute Gasteiger partial charge is 0.328 e. The maximum Gasteiger partial charge on any atom is 0.328 e. The summed E-state index contributed by atoms with van der Waals surface area (Å²) in [5.41, 5.74) is 0.685. The molecule has 0 fully saturated rings. The molecule has 0 aromatic carbocycles. The minimum absolute atomic E-state index is 0.583. The van der Waals surface area contributed by atoms with Crippen LogP contribution in [-0.4, -0.2) is 22.3 Å². The quantitative estimate of drug-likeness (QED) is 0.381. The first kappa shape index (κ1) is 19.2. The molecule has 3 nitrogen and oxygen atoms in total. The molecule has 0 aliphatic heterocycles. The number of hydrogen-bond acceptors (Lipinski definition) is 2. The van der Waals surface area contributed by atoms with Gasteiger partial charge >= 0.3 is 5.97 Å². The van der Waals surface area contributed by atoms with Gasteiger partial charge in [0, 0.05) is 6.08 Å². The van der Waals surface area contributed by atoms with E-state index in [1.54, 1.807) is 0 Å². The zero-order valence-corrected chi connectivity index (χ0v) is 13.2. The van der Waals surface area contributed by atoms with E-state index in [1.165, 1.54) is 44.6 Å². The molecule has 0 amide bonds. The van der Waals surface area contributed by atoms with Crippen LogP contribution >= 0.6 is 0 Å². The van der Waals surface area contributed by atoms with Gasteiger partial charge in [0.05, 0.1) is 6.10 Å². The largest absolute Gasteiger partial charge is 0.478 e. The zero-order valence-electron chi connectivity index (χ0n) is 13.2. The fourth-order valence-corrected chi connectivity index (χ4v) is 2.42. The minimum atomic E-state index is -0.949. The number of carboxylic acid groups (broad SMARTS) is 1. The van der Waals surface area contributed by atoms with E-state index in [0.29, 0.717) is 18.4 Å². The van der Waals surface area contributed by atoms with Gasteiger partial charge in [-0.1, -0.05) is 65.2 Å². The van der Waals surface area contributed by atoms with Gasteiger partial charge in [0.15, 0.2) is 0 Å². The number of rotatable bonds is 13. The summed E-state index contributed by atoms with van der Waals surface area (Å²) in [5, 5.41) is 18.8. The first-order valence-corrected chi connectivity index (χ1v) is 8.23. The van der Waals surface area contributed by atoms with Crippen molar-refractivity contribution in [3.63, 3.8) is 0 Å². The van der Waals surface area contributed by atoms with Gasteiger partial charge in [-0.25, -0.2) is 4.79 Å². The number of unbranched alkanes of at least 4 members (excludes halogenated alkanes) is 7. The van der Waals surface area contributed by atoms with Crippen LogP contribution in [0.3, 0.4) is 0 Å². The van der Waals surface area contributed by atoms with Gasteiger partial charge in [-0.2, -0.15) is 0 Å². The van der Waals surface area contributed by atoms with Crippen molar-refractivity contribution in [2.24, 2.45) is 0 Å².